The highest BCUT2D eigenvalue weighted by atomic mass is 35.5. The zero-order valence-electron chi connectivity index (χ0n) is 17.8. The molecule has 1 aliphatic heterocycles. The summed E-state index contributed by atoms with van der Waals surface area (Å²) in [6, 6.07) is 15.9. The predicted molar refractivity (Wildman–Crippen MR) is 127 cm³/mol. The molecule has 162 valence electrons. The summed E-state index contributed by atoms with van der Waals surface area (Å²) in [5.74, 6) is 0.257. The van der Waals surface area contributed by atoms with Crippen LogP contribution in [0.3, 0.4) is 0 Å². The number of hydrogen-bond acceptors (Lipinski definition) is 5. The number of aliphatic hydroxyl groups is 2. The third-order valence-electron chi connectivity index (χ3n) is 5.43. The summed E-state index contributed by atoms with van der Waals surface area (Å²) in [6.07, 6.45) is 6.57. The molecule has 1 aliphatic rings. The van der Waals surface area contributed by atoms with E-state index >= 15 is 0 Å². The van der Waals surface area contributed by atoms with Gasteiger partial charge in [-0.25, -0.2) is 0 Å². The van der Waals surface area contributed by atoms with Crippen LogP contribution in [0.5, 0.6) is 0 Å². The quantitative estimate of drug-likeness (QED) is 0.275. The van der Waals surface area contributed by atoms with Gasteiger partial charge in [0.05, 0.1) is 24.8 Å². The minimum absolute atomic E-state index is 0.0832. The van der Waals surface area contributed by atoms with Crippen molar-refractivity contribution in [2.45, 2.75) is 19.3 Å². The number of nitrogens with zero attached hydrogens (tertiary/aromatic N) is 1. The lowest BCUT2D eigenvalue weighted by atomic mass is 9.69. The molecule has 5 nitrogen and oxygen atoms in total. The van der Waals surface area contributed by atoms with Crippen molar-refractivity contribution in [2.75, 3.05) is 18.6 Å². The lowest BCUT2D eigenvalue weighted by Crippen LogP contribution is -2.41. The summed E-state index contributed by atoms with van der Waals surface area (Å²) in [6.45, 7) is 4.16. The van der Waals surface area contributed by atoms with Crippen LogP contribution in [-0.4, -0.2) is 23.9 Å². The Balaban J connectivity index is 2.30. The van der Waals surface area contributed by atoms with Crippen molar-refractivity contribution in [2.24, 2.45) is 0 Å². The molecule has 0 amide bonds. The maximum Gasteiger partial charge on any atom is 0.137 e. The van der Waals surface area contributed by atoms with E-state index in [-0.39, 0.29) is 18.1 Å². The molecule has 31 heavy (non-hydrogen) atoms. The number of hydroxylamine groups is 1. The average Bonchev–Trinajstić information content (AvgIpc) is 2.79. The monoisotopic (exact) mass is 438 g/mol. The minimum atomic E-state index is -0.737. The van der Waals surface area contributed by atoms with Gasteiger partial charge in [-0.1, -0.05) is 54.1 Å². The van der Waals surface area contributed by atoms with Crippen LogP contribution in [-0.2, 0) is 10.3 Å². The molecule has 0 spiro atoms. The second-order valence-electron chi connectivity index (χ2n) is 7.29. The molecule has 0 aliphatic carbocycles. The van der Waals surface area contributed by atoms with Crippen LogP contribution in [0, 0.1) is 0 Å². The first-order valence-electron chi connectivity index (χ1n) is 9.95. The molecule has 3 N–H and O–H groups in total. The predicted octanol–water partition coefficient (Wildman–Crippen LogP) is 6.14. The van der Waals surface area contributed by atoms with Gasteiger partial charge in [-0.05, 0) is 55.3 Å². The fraction of sp³-hybridized carbons (Fsp3) is 0.200. The number of anilines is 2. The molecule has 0 atom stereocenters. The average molecular weight is 439 g/mol. The number of fused-ring (bicyclic) bond motifs is 2. The normalized spacial score (nSPS) is 16.3. The topological polar surface area (TPSA) is 65.0 Å². The first-order chi connectivity index (χ1) is 15.0. The number of hydrogen-bond donors (Lipinski definition) is 3. The molecular formula is C25H27ClN2O3. The van der Waals surface area contributed by atoms with Crippen LogP contribution in [0.25, 0.3) is 0 Å². The van der Waals surface area contributed by atoms with Crippen LogP contribution < -0.4 is 10.4 Å². The van der Waals surface area contributed by atoms with Crippen molar-refractivity contribution in [3.8, 4) is 0 Å². The SMILES string of the molecule is C/C=C\C(O)=C(/NOC)C1(C)c2ccccc2N(C/C(O)=C/C=C/Cl)c2ccccc21. The summed E-state index contributed by atoms with van der Waals surface area (Å²) in [7, 11) is 1.52. The number of nitrogens with one attached hydrogen (secondary N) is 1. The Kier molecular flexibility index (Phi) is 7.10. The van der Waals surface area contributed by atoms with Crippen LogP contribution in [0.2, 0.25) is 0 Å². The van der Waals surface area contributed by atoms with Crippen LogP contribution in [0.4, 0.5) is 11.4 Å². The zero-order chi connectivity index (χ0) is 22.4. The van der Waals surface area contributed by atoms with Gasteiger partial charge in [-0.2, -0.15) is 0 Å². The standard InChI is InChI=1S/C25H27ClN2O3/c1-4-10-23(30)24(27-31-3)25(2)19-12-5-7-14-21(19)28(17-18(29)11-9-16-26)22-15-8-6-13-20(22)25/h4-16,27,29-30H,17H2,1-3H3/b10-4-,16-9+,18-11-,24-23+. The second kappa shape index (κ2) is 9.77. The summed E-state index contributed by atoms with van der Waals surface area (Å²) < 4.78 is 0. The third-order valence-corrected chi connectivity index (χ3v) is 5.58. The van der Waals surface area contributed by atoms with E-state index < -0.39 is 5.41 Å². The van der Waals surface area contributed by atoms with E-state index in [4.69, 9.17) is 16.4 Å². The number of para-hydroxylation sites is 2. The molecule has 0 radical (unpaired) electrons. The number of allylic oxidation sites excluding steroid dienone is 5. The number of halogens is 1. The van der Waals surface area contributed by atoms with Crippen molar-refractivity contribution in [3.05, 3.63) is 107 Å². The maximum absolute atomic E-state index is 10.9. The highest BCUT2D eigenvalue weighted by Crippen LogP contribution is 2.52. The fourth-order valence-corrected chi connectivity index (χ4v) is 4.17. The van der Waals surface area contributed by atoms with Gasteiger partial charge in [-0.15, -0.1) is 0 Å². The molecule has 3 rings (SSSR count). The van der Waals surface area contributed by atoms with Gasteiger partial charge >= 0.3 is 0 Å². The van der Waals surface area contributed by atoms with Gasteiger partial charge in [0.2, 0.25) is 0 Å². The Morgan fingerprint density at radius 2 is 1.68 bits per heavy atom. The minimum Gasteiger partial charge on any atom is -0.510 e. The highest BCUT2D eigenvalue weighted by Gasteiger charge is 2.44. The van der Waals surface area contributed by atoms with Gasteiger partial charge in [0, 0.05) is 16.9 Å². The third kappa shape index (κ3) is 4.20. The summed E-state index contributed by atoms with van der Waals surface area (Å²) in [5.41, 5.74) is 7.82. The van der Waals surface area contributed by atoms with Crippen molar-refractivity contribution in [3.63, 3.8) is 0 Å². The van der Waals surface area contributed by atoms with Crippen LogP contribution in [0.15, 0.2) is 95.6 Å². The number of benzene rings is 2. The zero-order valence-corrected chi connectivity index (χ0v) is 18.6. The molecule has 0 saturated heterocycles. The van der Waals surface area contributed by atoms with Gasteiger partial charge < -0.3 is 15.1 Å². The van der Waals surface area contributed by atoms with E-state index in [9.17, 15) is 10.2 Å². The molecule has 1 heterocycles. The molecule has 0 aromatic heterocycles. The second-order valence-corrected chi connectivity index (χ2v) is 7.54. The van der Waals surface area contributed by atoms with Crippen molar-refractivity contribution >= 4 is 23.0 Å². The van der Waals surface area contributed by atoms with Crippen molar-refractivity contribution < 1.29 is 15.1 Å². The van der Waals surface area contributed by atoms with Crippen molar-refractivity contribution in [1.29, 1.82) is 0 Å². The Bertz CT molecular complexity index is 1010. The highest BCUT2D eigenvalue weighted by molar-refractivity contribution is 6.25. The van der Waals surface area contributed by atoms with E-state index in [1.165, 1.54) is 12.6 Å². The summed E-state index contributed by atoms with van der Waals surface area (Å²) in [5, 5.41) is 21.4. The molecule has 0 bridgehead atoms. The smallest absolute Gasteiger partial charge is 0.137 e. The summed E-state index contributed by atoms with van der Waals surface area (Å²) in [4.78, 5) is 7.32. The molecule has 0 unspecified atom stereocenters. The van der Waals surface area contributed by atoms with E-state index in [1.54, 1.807) is 24.3 Å². The van der Waals surface area contributed by atoms with Gasteiger partial charge in [-0.3, -0.25) is 10.3 Å². The first kappa shape index (κ1) is 22.5. The largest absolute Gasteiger partial charge is 0.510 e. The molecule has 2 aromatic rings. The molecule has 0 fully saturated rings. The fourth-order valence-electron chi connectivity index (χ4n) is 4.09. The van der Waals surface area contributed by atoms with E-state index in [0.717, 1.165) is 22.5 Å². The van der Waals surface area contributed by atoms with Crippen LogP contribution >= 0.6 is 11.6 Å². The number of aliphatic hydroxyl groups excluding tert-OH is 2. The molecule has 2 aromatic carbocycles. The Labute approximate surface area is 188 Å². The summed E-state index contributed by atoms with van der Waals surface area (Å²) >= 11 is 5.60. The van der Waals surface area contributed by atoms with E-state index in [2.05, 4.69) is 17.3 Å². The lowest BCUT2D eigenvalue weighted by molar-refractivity contribution is 0.103. The lowest BCUT2D eigenvalue weighted by Gasteiger charge is -2.44. The first-order valence-corrected chi connectivity index (χ1v) is 10.4. The number of rotatable bonds is 7. The van der Waals surface area contributed by atoms with E-state index in [1.807, 2.05) is 55.5 Å². The molecular weight excluding hydrogens is 412 g/mol. The maximum atomic E-state index is 10.9. The Morgan fingerprint density at radius 1 is 1.10 bits per heavy atom. The Hall–Kier alpha value is -3.15. The van der Waals surface area contributed by atoms with Crippen molar-refractivity contribution in [1.82, 2.24) is 5.48 Å². The van der Waals surface area contributed by atoms with Gasteiger partial charge in [0.15, 0.2) is 0 Å². The van der Waals surface area contributed by atoms with Gasteiger partial charge in [0.25, 0.3) is 0 Å². The van der Waals surface area contributed by atoms with E-state index in [0.29, 0.717) is 5.70 Å². The molecule has 6 heteroatoms. The Morgan fingerprint density at radius 3 is 2.19 bits per heavy atom. The van der Waals surface area contributed by atoms with Crippen LogP contribution in [0.1, 0.15) is 25.0 Å². The van der Waals surface area contributed by atoms with Gasteiger partial charge in [0.1, 0.15) is 11.5 Å². The molecule has 0 saturated carbocycles.